The second-order valence-electron chi connectivity index (χ2n) is 10.1. The SMILES string of the molecule is CC(C)(C)n1cc([C@@H](O)C2CCCN(c3nnnc4cc(N5CCOCC5)ccc34)C2)cn1. The lowest BCUT2D eigenvalue weighted by molar-refractivity contribution is 0.0978. The Balaban J connectivity index is 1.36. The number of anilines is 2. The molecule has 2 aliphatic rings. The molecule has 0 bridgehead atoms. The molecule has 2 aliphatic heterocycles. The van der Waals surface area contributed by atoms with E-state index in [2.05, 4.69) is 69.3 Å². The Morgan fingerprint density at radius 2 is 1.91 bits per heavy atom. The van der Waals surface area contributed by atoms with Gasteiger partial charge in [-0.1, -0.05) is 0 Å². The minimum atomic E-state index is -0.558. The summed E-state index contributed by atoms with van der Waals surface area (Å²) in [6.45, 7) is 11.2. The third kappa shape index (κ3) is 4.52. The molecule has 0 spiro atoms. The Kier molecular flexibility index (Phi) is 5.92. The lowest BCUT2D eigenvalue weighted by atomic mass is 9.89. The van der Waals surface area contributed by atoms with Crippen LogP contribution < -0.4 is 9.80 Å². The predicted molar refractivity (Wildman–Crippen MR) is 127 cm³/mol. The lowest BCUT2D eigenvalue weighted by Crippen LogP contribution is -2.38. The average molecular weight is 452 g/mol. The second kappa shape index (κ2) is 8.87. The van der Waals surface area contributed by atoms with Crippen LogP contribution in [0.15, 0.2) is 30.6 Å². The molecule has 9 heteroatoms. The van der Waals surface area contributed by atoms with Gasteiger partial charge in [-0.25, -0.2) is 0 Å². The number of aromatic nitrogens is 5. The van der Waals surface area contributed by atoms with Crippen molar-refractivity contribution in [1.29, 1.82) is 0 Å². The monoisotopic (exact) mass is 451 g/mol. The number of ether oxygens (including phenoxy) is 1. The minimum Gasteiger partial charge on any atom is -0.388 e. The molecule has 2 aromatic heterocycles. The van der Waals surface area contributed by atoms with Crippen LogP contribution in [0.2, 0.25) is 0 Å². The zero-order valence-electron chi connectivity index (χ0n) is 19.7. The summed E-state index contributed by atoms with van der Waals surface area (Å²) in [5.41, 5.74) is 2.75. The molecule has 2 atom stereocenters. The van der Waals surface area contributed by atoms with E-state index in [1.54, 1.807) is 6.20 Å². The number of hydrogen-bond acceptors (Lipinski definition) is 8. The summed E-state index contributed by atoms with van der Waals surface area (Å²) in [6.07, 6.45) is 5.17. The van der Waals surface area contributed by atoms with Gasteiger partial charge in [0, 0.05) is 54.9 Å². The highest BCUT2D eigenvalue weighted by Crippen LogP contribution is 2.34. The molecule has 2 saturated heterocycles. The lowest BCUT2D eigenvalue weighted by Gasteiger charge is -2.35. The molecule has 1 N–H and O–H groups in total. The number of aliphatic hydroxyl groups excluding tert-OH is 1. The van der Waals surface area contributed by atoms with Gasteiger partial charge in [0.1, 0.15) is 5.52 Å². The van der Waals surface area contributed by atoms with Crippen molar-refractivity contribution in [1.82, 2.24) is 25.2 Å². The van der Waals surface area contributed by atoms with Crippen LogP contribution in [-0.4, -0.2) is 69.7 Å². The first kappa shape index (κ1) is 22.0. The standard InChI is InChI=1S/C24H33N7O2/c1-24(2,3)31-16-18(14-25-31)22(32)17-5-4-8-30(15-17)23-20-7-6-19(13-21(20)26-28-27-23)29-9-11-33-12-10-29/h6-7,13-14,16-17,22,32H,4-5,8-12,15H2,1-3H3/t17?,22-/m0/s1. The van der Waals surface area contributed by atoms with E-state index in [0.717, 1.165) is 80.2 Å². The van der Waals surface area contributed by atoms with Crippen LogP contribution in [0.3, 0.4) is 0 Å². The number of rotatable bonds is 4. The molecule has 2 fully saturated rings. The first-order valence-corrected chi connectivity index (χ1v) is 11.8. The number of aliphatic hydroxyl groups is 1. The molecule has 176 valence electrons. The summed E-state index contributed by atoms with van der Waals surface area (Å²) >= 11 is 0. The van der Waals surface area contributed by atoms with Crippen LogP contribution >= 0.6 is 0 Å². The van der Waals surface area contributed by atoms with Gasteiger partial charge >= 0.3 is 0 Å². The van der Waals surface area contributed by atoms with Crippen molar-refractivity contribution < 1.29 is 9.84 Å². The third-order valence-corrected chi connectivity index (χ3v) is 6.73. The molecule has 0 aliphatic carbocycles. The summed E-state index contributed by atoms with van der Waals surface area (Å²) < 4.78 is 7.39. The van der Waals surface area contributed by atoms with Gasteiger partial charge in [-0.3, -0.25) is 4.68 Å². The zero-order chi connectivity index (χ0) is 23.0. The fourth-order valence-electron chi connectivity index (χ4n) is 4.80. The fourth-order valence-corrected chi connectivity index (χ4v) is 4.80. The van der Waals surface area contributed by atoms with Gasteiger partial charge in [-0.15, -0.1) is 10.2 Å². The molecule has 5 rings (SSSR count). The third-order valence-electron chi connectivity index (χ3n) is 6.73. The van der Waals surface area contributed by atoms with Gasteiger partial charge in [-0.2, -0.15) is 5.10 Å². The molecule has 3 aromatic rings. The van der Waals surface area contributed by atoms with Gasteiger partial charge in [0.05, 0.1) is 31.1 Å². The highest BCUT2D eigenvalue weighted by atomic mass is 16.5. The van der Waals surface area contributed by atoms with Crippen molar-refractivity contribution in [3.05, 3.63) is 36.2 Å². The molecular formula is C24H33N7O2. The number of benzene rings is 1. The number of piperidine rings is 1. The molecule has 33 heavy (non-hydrogen) atoms. The summed E-state index contributed by atoms with van der Waals surface area (Å²) in [4.78, 5) is 4.56. The number of fused-ring (bicyclic) bond motifs is 1. The van der Waals surface area contributed by atoms with E-state index < -0.39 is 6.10 Å². The fraction of sp³-hybridized carbons (Fsp3) is 0.583. The van der Waals surface area contributed by atoms with E-state index in [1.165, 1.54) is 0 Å². The van der Waals surface area contributed by atoms with Crippen molar-refractivity contribution in [2.45, 2.75) is 45.3 Å². The van der Waals surface area contributed by atoms with Crippen LogP contribution in [0.5, 0.6) is 0 Å². The summed E-state index contributed by atoms with van der Waals surface area (Å²) in [5.74, 6) is 0.949. The average Bonchev–Trinajstić information content (AvgIpc) is 3.35. The van der Waals surface area contributed by atoms with Gasteiger partial charge in [-0.05, 0) is 57.0 Å². The minimum absolute atomic E-state index is 0.106. The van der Waals surface area contributed by atoms with E-state index in [1.807, 2.05) is 10.9 Å². The Labute approximate surface area is 194 Å². The maximum absolute atomic E-state index is 11.1. The maximum Gasteiger partial charge on any atom is 0.162 e. The van der Waals surface area contributed by atoms with Crippen LogP contribution in [-0.2, 0) is 10.3 Å². The first-order valence-electron chi connectivity index (χ1n) is 11.8. The number of morpholine rings is 1. The van der Waals surface area contributed by atoms with E-state index in [9.17, 15) is 5.11 Å². The highest BCUT2D eigenvalue weighted by molar-refractivity contribution is 5.91. The largest absolute Gasteiger partial charge is 0.388 e. The summed E-state index contributed by atoms with van der Waals surface area (Å²) in [6, 6.07) is 6.33. The maximum atomic E-state index is 11.1. The van der Waals surface area contributed by atoms with E-state index in [0.29, 0.717) is 0 Å². The van der Waals surface area contributed by atoms with Crippen LogP contribution in [0.25, 0.3) is 10.9 Å². The van der Waals surface area contributed by atoms with Gasteiger partial charge < -0.3 is 19.6 Å². The van der Waals surface area contributed by atoms with Crippen molar-refractivity contribution >= 4 is 22.4 Å². The van der Waals surface area contributed by atoms with Crippen molar-refractivity contribution in [3.63, 3.8) is 0 Å². The Bertz CT molecular complexity index is 1100. The summed E-state index contributed by atoms with van der Waals surface area (Å²) in [7, 11) is 0. The molecule has 9 nitrogen and oxygen atoms in total. The quantitative estimate of drug-likeness (QED) is 0.647. The number of hydrogen-bond donors (Lipinski definition) is 1. The normalized spacial score (nSPS) is 20.9. The van der Waals surface area contributed by atoms with Crippen LogP contribution in [0.4, 0.5) is 11.5 Å². The molecular weight excluding hydrogens is 418 g/mol. The Hall–Kier alpha value is -2.78. The Morgan fingerprint density at radius 1 is 1.09 bits per heavy atom. The molecule has 1 unspecified atom stereocenters. The Morgan fingerprint density at radius 3 is 2.67 bits per heavy atom. The molecule has 4 heterocycles. The second-order valence-corrected chi connectivity index (χ2v) is 10.1. The van der Waals surface area contributed by atoms with E-state index >= 15 is 0 Å². The van der Waals surface area contributed by atoms with Gasteiger partial charge in [0.25, 0.3) is 0 Å². The topological polar surface area (TPSA) is 92.4 Å². The highest BCUT2D eigenvalue weighted by Gasteiger charge is 2.30. The molecule has 0 amide bonds. The van der Waals surface area contributed by atoms with Gasteiger partial charge in [0.15, 0.2) is 5.82 Å². The smallest absolute Gasteiger partial charge is 0.162 e. The van der Waals surface area contributed by atoms with Gasteiger partial charge in [0.2, 0.25) is 0 Å². The van der Waals surface area contributed by atoms with Crippen molar-refractivity contribution in [2.75, 3.05) is 49.2 Å². The first-order chi connectivity index (χ1) is 15.9. The zero-order valence-corrected chi connectivity index (χ0v) is 19.7. The van der Waals surface area contributed by atoms with Crippen molar-refractivity contribution in [3.8, 4) is 0 Å². The van der Waals surface area contributed by atoms with Crippen LogP contribution in [0.1, 0.15) is 45.3 Å². The number of nitrogens with zero attached hydrogens (tertiary/aromatic N) is 7. The van der Waals surface area contributed by atoms with E-state index in [-0.39, 0.29) is 11.5 Å². The molecule has 0 saturated carbocycles. The van der Waals surface area contributed by atoms with Crippen LogP contribution in [0, 0.1) is 5.92 Å². The van der Waals surface area contributed by atoms with Crippen molar-refractivity contribution in [2.24, 2.45) is 5.92 Å². The predicted octanol–water partition coefficient (Wildman–Crippen LogP) is 2.76. The molecule has 1 aromatic carbocycles. The molecule has 0 radical (unpaired) electrons. The van der Waals surface area contributed by atoms with E-state index in [4.69, 9.17) is 4.74 Å². The summed E-state index contributed by atoms with van der Waals surface area (Å²) in [5, 5.41) is 29.4.